The molecule has 0 aromatic carbocycles. The van der Waals surface area contributed by atoms with Gasteiger partial charge in [-0.1, -0.05) is 38.5 Å². The second-order valence-electron chi connectivity index (χ2n) is 4.38. The zero-order chi connectivity index (χ0) is 14.1. The van der Waals surface area contributed by atoms with E-state index in [0.29, 0.717) is 13.0 Å². The first kappa shape index (κ1) is 17.7. The summed E-state index contributed by atoms with van der Waals surface area (Å²) in [7, 11) is -4.92. The van der Waals surface area contributed by atoms with E-state index in [1.54, 1.807) is 0 Å². The van der Waals surface area contributed by atoms with E-state index in [4.69, 9.17) is 5.73 Å². The van der Waals surface area contributed by atoms with Crippen molar-refractivity contribution in [3.05, 3.63) is 0 Å². The van der Waals surface area contributed by atoms with Crippen LogP contribution >= 0.6 is 0 Å². The third kappa shape index (κ3) is 7.92. The lowest BCUT2D eigenvalue weighted by atomic mass is 10.1. The molecule has 0 aromatic heterocycles. The summed E-state index contributed by atoms with van der Waals surface area (Å²) in [5.74, 6) is -0.788. The fourth-order valence-corrected chi connectivity index (χ4v) is 2.43. The Balaban J connectivity index is 3.47. The Labute approximate surface area is 107 Å². The van der Waals surface area contributed by atoms with E-state index in [1.807, 2.05) is 0 Å². The van der Waals surface area contributed by atoms with Crippen molar-refractivity contribution in [1.29, 1.82) is 0 Å². The van der Waals surface area contributed by atoms with Crippen LogP contribution in [0.4, 0.5) is 13.2 Å². The topological polar surface area (TPSA) is 60.2 Å². The first-order valence-corrected chi connectivity index (χ1v) is 7.95. The molecule has 2 N–H and O–H groups in total. The van der Waals surface area contributed by atoms with Gasteiger partial charge in [0, 0.05) is 0 Å². The average molecular weight is 289 g/mol. The maximum Gasteiger partial charge on any atom is 0.497 e. The Bertz CT molecular complexity index is 302. The molecule has 0 atom stereocenters. The van der Waals surface area contributed by atoms with E-state index >= 15 is 0 Å². The maximum absolute atomic E-state index is 12.0. The van der Waals surface area contributed by atoms with E-state index < -0.39 is 21.1 Å². The molecule has 0 bridgehead atoms. The van der Waals surface area contributed by atoms with Gasteiger partial charge in [0.1, 0.15) is 0 Å². The molecule has 0 amide bonds. The van der Waals surface area contributed by atoms with E-state index in [2.05, 4.69) is 0 Å². The van der Waals surface area contributed by atoms with Crippen molar-refractivity contribution in [3.8, 4) is 0 Å². The van der Waals surface area contributed by atoms with Gasteiger partial charge in [-0.05, 0) is 19.4 Å². The molecule has 0 aliphatic carbocycles. The van der Waals surface area contributed by atoms with Crippen molar-refractivity contribution >= 4 is 9.84 Å². The Morgan fingerprint density at radius 3 is 1.56 bits per heavy atom. The lowest BCUT2D eigenvalue weighted by molar-refractivity contribution is -0.0435. The van der Waals surface area contributed by atoms with Gasteiger partial charge in [-0.2, -0.15) is 13.2 Å². The van der Waals surface area contributed by atoms with Gasteiger partial charge < -0.3 is 5.73 Å². The fraction of sp³-hybridized carbons (Fsp3) is 1.00. The Morgan fingerprint density at radius 1 is 0.778 bits per heavy atom. The second-order valence-corrected chi connectivity index (χ2v) is 6.48. The Kier molecular flexibility index (Phi) is 8.60. The molecule has 3 nitrogen and oxygen atoms in total. The van der Waals surface area contributed by atoms with Crippen molar-refractivity contribution in [2.75, 3.05) is 12.3 Å². The normalized spacial score (nSPS) is 12.9. The molecule has 0 spiro atoms. The standard InChI is InChI=1S/C11H22F3NO2S/c12-11(13,14)18(16,17)10-8-6-4-2-1-3-5-7-9-15/h1-10,15H2. The number of alkyl halides is 3. The lowest BCUT2D eigenvalue weighted by Gasteiger charge is -2.07. The minimum atomic E-state index is -5.10. The monoisotopic (exact) mass is 289 g/mol. The summed E-state index contributed by atoms with van der Waals surface area (Å²) in [6, 6.07) is 0. The number of unbranched alkanes of at least 4 members (excludes halogenated alkanes) is 7. The molecule has 18 heavy (non-hydrogen) atoms. The molecule has 0 aromatic rings. The predicted molar refractivity (Wildman–Crippen MR) is 65.8 cm³/mol. The highest BCUT2D eigenvalue weighted by atomic mass is 32.2. The first-order chi connectivity index (χ1) is 8.31. The second kappa shape index (κ2) is 8.74. The third-order valence-corrected chi connectivity index (χ3v) is 4.25. The van der Waals surface area contributed by atoms with Gasteiger partial charge in [0.25, 0.3) is 0 Å². The summed E-state index contributed by atoms with van der Waals surface area (Å²) >= 11 is 0. The van der Waals surface area contributed by atoms with Gasteiger partial charge in [-0.3, -0.25) is 0 Å². The van der Waals surface area contributed by atoms with Crippen molar-refractivity contribution in [2.24, 2.45) is 5.73 Å². The molecule has 0 aliphatic rings. The molecule has 0 rings (SSSR count). The summed E-state index contributed by atoms with van der Waals surface area (Å²) in [6.45, 7) is 0.690. The van der Waals surface area contributed by atoms with Crippen LogP contribution in [0.2, 0.25) is 0 Å². The smallest absolute Gasteiger partial charge is 0.330 e. The predicted octanol–water partition coefficient (Wildman–Crippen LogP) is 3.00. The molecular formula is C11H22F3NO2S. The van der Waals surface area contributed by atoms with E-state index in [1.165, 1.54) is 0 Å². The summed E-state index contributed by atoms with van der Waals surface area (Å²) in [5, 5.41) is 0. The number of nitrogens with two attached hydrogens (primary N) is 1. The fourth-order valence-electron chi connectivity index (χ4n) is 1.61. The van der Waals surface area contributed by atoms with Gasteiger partial charge in [0.2, 0.25) is 9.84 Å². The molecule has 0 saturated carbocycles. The quantitative estimate of drug-likeness (QED) is 0.629. The first-order valence-electron chi connectivity index (χ1n) is 6.30. The van der Waals surface area contributed by atoms with Crippen LogP contribution in [0, 0.1) is 0 Å². The SMILES string of the molecule is NCCCCCCCCCCS(=O)(=O)C(F)(F)F. The molecular weight excluding hydrogens is 267 g/mol. The Hall–Kier alpha value is -0.300. The zero-order valence-electron chi connectivity index (χ0n) is 10.5. The Morgan fingerprint density at radius 2 is 1.17 bits per heavy atom. The van der Waals surface area contributed by atoms with Crippen LogP contribution in [-0.2, 0) is 9.84 Å². The third-order valence-electron chi connectivity index (χ3n) is 2.72. The van der Waals surface area contributed by atoms with Gasteiger partial charge in [-0.25, -0.2) is 8.42 Å². The highest BCUT2D eigenvalue weighted by molar-refractivity contribution is 7.92. The molecule has 0 heterocycles. The summed E-state index contributed by atoms with van der Waals surface area (Å²) in [6.07, 6.45) is 6.55. The van der Waals surface area contributed by atoms with Crippen LogP contribution in [0.1, 0.15) is 51.4 Å². The number of hydrogen-bond acceptors (Lipinski definition) is 3. The van der Waals surface area contributed by atoms with Crippen LogP contribution in [0.25, 0.3) is 0 Å². The largest absolute Gasteiger partial charge is 0.497 e. The zero-order valence-corrected chi connectivity index (χ0v) is 11.3. The molecule has 0 saturated heterocycles. The lowest BCUT2D eigenvalue weighted by Crippen LogP contribution is -2.26. The maximum atomic E-state index is 12.0. The number of halogens is 3. The summed E-state index contributed by atoms with van der Waals surface area (Å²) < 4.78 is 57.4. The number of hydrogen-bond donors (Lipinski definition) is 1. The van der Waals surface area contributed by atoms with Crippen LogP contribution in [0.5, 0.6) is 0 Å². The van der Waals surface area contributed by atoms with Crippen LogP contribution < -0.4 is 5.73 Å². The van der Waals surface area contributed by atoms with E-state index in [-0.39, 0.29) is 6.42 Å². The van der Waals surface area contributed by atoms with Crippen LogP contribution in [-0.4, -0.2) is 26.2 Å². The van der Waals surface area contributed by atoms with Gasteiger partial charge >= 0.3 is 5.51 Å². The minimum absolute atomic E-state index is 0.0879. The van der Waals surface area contributed by atoms with Crippen molar-refractivity contribution in [3.63, 3.8) is 0 Å². The minimum Gasteiger partial charge on any atom is -0.330 e. The van der Waals surface area contributed by atoms with Crippen molar-refractivity contribution in [2.45, 2.75) is 56.9 Å². The molecule has 0 radical (unpaired) electrons. The summed E-state index contributed by atoms with van der Waals surface area (Å²) in [4.78, 5) is 0. The summed E-state index contributed by atoms with van der Waals surface area (Å²) in [5.41, 5.74) is 0.234. The van der Waals surface area contributed by atoms with Crippen molar-refractivity contribution < 1.29 is 21.6 Å². The molecule has 0 unspecified atom stereocenters. The molecule has 0 fully saturated rings. The number of sulfone groups is 1. The molecule has 110 valence electrons. The van der Waals surface area contributed by atoms with Crippen LogP contribution in [0.15, 0.2) is 0 Å². The van der Waals surface area contributed by atoms with Gasteiger partial charge in [0.05, 0.1) is 5.75 Å². The van der Waals surface area contributed by atoms with Gasteiger partial charge in [-0.15, -0.1) is 0 Å². The number of rotatable bonds is 10. The average Bonchev–Trinajstić information content (AvgIpc) is 2.25. The highest BCUT2D eigenvalue weighted by Gasteiger charge is 2.44. The molecule has 7 heteroatoms. The van der Waals surface area contributed by atoms with Crippen molar-refractivity contribution in [1.82, 2.24) is 0 Å². The highest BCUT2D eigenvalue weighted by Crippen LogP contribution is 2.24. The van der Waals surface area contributed by atoms with E-state index in [9.17, 15) is 21.6 Å². The van der Waals surface area contributed by atoms with Gasteiger partial charge in [0.15, 0.2) is 0 Å². The van der Waals surface area contributed by atoms with E-state index in [0.717, 1.165) is 38.5 Å². The molecule has 0 aliphatic heterocycles. The van der Waals surface area contributed by atoms with Crippen LogP contribution in [0.3, 0.4) is 0 Å².